The van der Waals surface area contributed by atoms with Crippen LogP contribution in [0.25, 0.3) is 0 Å². The van der Waals surface area contributed by atoms with Gasteiger partial charge in [-0.15, -0.1) is 0 Å². The Labute approximate surface area is 133 Å². The zero-order chi connectivity index (χ0) is 15.9. The predicted molar refractivity (Wildman–Crippen MR) is 88.9 cm³/mol. The smallest absolute Gasteiger partial charge is 0.232 e. The molecule has 0 aliphatic carbocycles. The van der Waals surface area contributed by atoms with E-state index in [9.17, 15) is 8.42 Å². The van der Waals surface area contributed by atoms with Gasteiger partial charge in [-0.05, 0) is 48.9 Å². The lowest BCUT2D eigenvalue weighted by atomic mass is 9.98. The van der Waals surface area contributed by atoms with Crippen LogP contribution in [0.4, 0.5) is 0 Å². The van der Waals surface area contributed by atoms with Crippen LogP contribution in [0.15, 0.2) is 18.2 Å². The minimum atomic E-state index is -3.33. The molecule has 0 aromatic heterocycles. The molecular weight excluding hydrogens is 308 g/mol. The third-order valence-corrected chi connectivity index (χ3v) is 4.65. The molecule has 1 aromatic carbocycles. The molecule has 1 rings (SSSR count). The molecule has 5 heteroatoms. The minimum absolute atomic E-state index is 0.0608. The monoisotopic (exact) mass is 332 g/mol. The maximum absolute atomic E-state index is 10.8. The minimum Gasteiger partial charge on any atom is -0.494 e. The topological polar surface area (TPSA) is 43.4 Å². The Morgan fingerprint density at radius 2 is 1.81 bits per heavy atom. The van der Waals surface area contributed by atoms with E-state index in [1.807, 2.05) is 6.07 Å². The van der Waals surface area contributed by atoms with Crippen LogP contribution >= 0.6 is 10.7 Å². The molecule has 0 heterocycles. The highest BCUT2D eigenvalue weighted by atomic mass is 35.7. The average molecular weight is 333 g/mol. The van der Waals surface area contributed by atoms with Crippen molar-refractivity contribution in [3.63, 3.8) is 0 Å². The second-order valence-electron chi connectivity index (χ2n) is 5.68. The van der Waals surface area contributed by atoms with Crippen LogP contribution in [0, 0.1) is 6.92 Å². The van der Waals surface area contributed by atoms with Gasteiger partial charge in [-0.25, -0.2) is 8.42 Å². The van der Waals surface area contributed by atoms with Gasteiger partial charge in [0, 0.05) is 10.7 Å². The van der Waals surface area contributed by atoms with Gasteiger partial charge in [0.15, 0.2) is 0 Å². The lowest BCUT2D eigenvalue weighted by Gasteiger charge is -2.12. The van der Waals surface area contributed by atoms with Crippen molar-refractivity contribution in [2.24, 2.45) is 0 Å². The molecule has 21 heavy (non-hydrogen) atoms. The van der Waals surface area contributed by atoms with Crippen LogP contribution in [0.2, 0.25) is 0 Å². The van der Waals surface area contributed by atoms with Gasteiger partial charge in [-0.3, -0.25) is 0 Å². The fourth-order valence-corrected chi connectivity index (χ4v) is 3.18. The number of unbranched alkanes of at least 4 members (excludes halogenated alkanes) is 3. The standard InChI is InChI=1S/C16H25ClO3S/c1-13(2)16-9-8-15(12-14(16)3)20-10-6-4-5-7-11-21(17,18)19/h8-9,12-13H,4-7,10-11H2,1-3H3. The van der Waals surface area contributed by atoms with Crippen LogP contribution in [0.5, 0.6) is 5.75 Å². The highest BCUT2D eigenvalue weighted by molar-refractivity contribution is 8.13. The molecule has 0 aliphatic heterocycles. The molecule has 0 bridgehead atoms. The molecular formula is C16H25ClO3S. The van der Waals surface area contributed by atoms with Crippen molar-refractivity contribution in [1.29, 1.82) is 0 Å². The van der Waals surface area contributed by atoms with E-state index in [0.29, 0.717) is 18.9 Å². The largest absolute Gasteiger partial charge is 0.494 e. The van der Waals surface area contributed by atoms with Gasteiger partial charge in [-0.1, -0.05) is 32.8 Å². The Balaban J connectivity index is 2.23. The second kappa shape index (κ2) is 8.64. The van der Waals surface area contributed by atoms with Crippen molar-refractivity contribution < 1.29 is 13.2 Å². The molecule has 0 aliphatic rings. The Bertz CT molecular complexity index is 538. The number of benzene rings is 1. The molecule has 0 atom stereocenters. The molecule has 1 aromatic rings. The van der Waals surface area contributed by atoms with Gasteiger partial charge < -0.3 is 4.74 Å². The summed E-state index contributed by atoms with van der Waals surface area (Å²) in [4.78, 5) is 0. The van der Waals surface area contributed by atoms with E-state index in [-0.39, 0.29) is 5.75 Å². The molecule has 0 N–H and O–H groups in total. The summed E-state index contributed by atoms with van der Waals surface area (Å²) in [6.45, 7) is 7.14. The quantitative estimate of drug-likeness (QED) is 0.489. The number of aryl methyl sites for hydroxylation is 1. The van der Waals surface area contributed by atoms with E-state index in [1.165, 1.54) is 11.1 Å². The van der Waals surface area contributed by atoms with Crippen LogP contribution < -0.4 is 4.74 Å². The molecule has 0 fully saturated rings. The Hall–Kier alpha value is -0.740. The fraction of sp³-hybridized carbons (Fsp3) is 0.625. The molecule has 3 nitrogen and oxygen atoms in total. The number of hydrogen-bond donors (Lipinski definition) is 0. The normalized spacial score (nSPS) is 11.9. The van der Waals surface area contributed by atoms with E-state index in [4.69, 9.17) is 15.4 Å². The fourth-order valence-electron chi connectivity index (χ4n) is 2.31. The first-order valence-corrected chi connectivity index (χ1v) is 9.93. The van der Waals surface area contributed by atoms with Crippen molar-refractivity contribution in [1.82, 2.24) is 0 Å². The van der Waals surface area contributed by atoms with Gasteiger partial charge in [0.05, 0.1) is 12.4 Å². The molecule has 0 saturated heterocycles. The van der Waals surface area contributed by atoms with E-state index in [1.54, 1.807) is 0 Å². The van der Waals surface area contributed by atoms with E-state index >= 15 is 0 Å². The predicted octanol–water partition coefficient (Wildman–Crippen LogP) is 4.63. The van der Waals surface area contributed by atoms with Gasteiger partial charge in [-0.2, -0.15) is 0 Å². The molecule has 0 radical (unpaired) electrons. The van der Waals surface area contributed by atoms with Crippen molar-refractivity contribution in [2.45, 2.75) is 52.4 Å². The summed E-state index contributed by atoms with van der Waals surface area (Å²) in [7, 11) is 1.82. The van der Waals surface area contributed by atoms with Crippen molar-refractivity contribution >= 4 is 19.7 Å². The van der Waals surface area contributed by atoms with Crippen LogP contribution in [0.3, 0.4) is 0 Å². The molecule has 0 spiro atoms. The van der Waals surface area contributed by atoms with Crippen molar-refractivity contribution in [3.8, 4) is 5.75 Å². The number of rotatable bonds is 9. The van der Waals surface area contributed by atoms with Gasteiger partial charge in [0.1, 0.15) is 5.75 Å². The second-order valence-corrected chi connectivity index (χ2v) is 8.58. The van der Waals surface area contributed by atoms with Crippen LogP contribution in [-0.4, -0.2) is 20.8 Å². The summed E-state index contributed by atoms with van der Waals surface area (Å²) in [5.41, 5.74) is 2.61. The highest BCUT2D eigenvalue weighted by Gasteiger charge is 2.05. The van der Waals surface area contributed by atoms with E-state index < -0.39 is 9.05 Å². The molecule has 0 saturated carbocycles. The first kappa shape index (κ1) is 18.3. The van der Waals surface area contributed by atoms with Gasteiger partial charge in [0.2, 0.25) is 9.05 Å². The summed E-state index contributed by atoms with van der Waals surface area (Å²) in [5.74, 6) is 1.49. The van der Waals surface area contributed by atoms with Crippen LogP contribution in [0.1, 0.15) is 56.6 Å². The van der Waals surface area contributed by atoms with Crippen molar-refractivity contribution in [3.05, 3.63) is 29.3 Å². The number of ether oxygens (including phenoxy) is 1. The number of hydrogen-bond acceptors (Lipinski definition) is 3. The summed E-state index contributed by atoms with van der Waals surface area (Å²) < 4.78 is 27.2. The molecule has 0 unspecified atom stereocenters. The van der Waals surface area contributed by atoms with Crippen LogP contribution in [-0.2, 0) is 9.05 Å². The SMILES string of the molecule is Cc1cc(OCCCCCCS(=O)(=O)Cl)ccc1C(C)C. The maximum atomic E-state index is 10.8. The summed E-state index contributed by atoms with van der Waals surface area (Å²) in [6.07, 6.45) is 3.36. The lowest BCUT2D eigenvalue weighted by Crippen LogP contribution is -2.00. The maximum Gasteiger partial charge on any atom is 0.232 e. The first-order valence-electron chi connectivity index (χ1n) is 7.45. The summed E-state index contributed by atoms with van der Waals surface area (Å²) in [5, 5.41) is 0. The Morgan fingerprint density at radius 1 is 1.14 bits per heavy atom. The average Bonchev–Trinajstić information content (AvgIpc) is 2.36. The van der Waals surface area contributed by atoms with E-state index in [0.717, 1.165) is 25.0 Å². The zero-order valence-electron chi connectivity index (χ0n) is 13.1. The molecule has 120 valence electrons. The summed E-state index contributed by atoms with van der Waals surface area (Å²) >= 11 is 0. The Morgan fingerprint density at radius 3 is 2.38 bits per heavy atom. The molecule has 0 amide bonds. The zero-order valence-corrected chi connectivity index (χ0v) is 14.6. The lowest BCUT2D eigenvalue weighted by molar-refractivity contribution is 0.305. The van der Waals surface area contributed by atoms with E-state index in [2.05, 4.69) is 32.9 Å². The van der Waals surface area contributed by atoms with Gasteiger partial charge in [0.25, 0.3) is 0 Å². The Kier molecular flexibility index (Phi) is 7.53. The third-order valence-electron chi connectivity index (χ3n) is 3.41. The first-order chi connectivity index (χ1) is 9.79. The highest BCUT2D eigenvalue weighted by Crippen LogP contribution is 2.23. The number of halogens is 1. The van der Waals surface area contributed by atoms with Gasteiger partial charge >= 0.3 is 0 Å². The summed E-state index contributed by atoms with van der Waals surface area (Å²) in [6, 6.07) is 6.22. The van der Waals surface area contributed by atoms with Crippen molar-refractivity contribution in [2.75, 3.05) is 12.4 Å². The third kappa shape index (κ3) is 7.72.